The predicted molar refractivity (Wildman–Crippen MR) is 102 cm³/mol. The van der Waals surface area contributed by atoms with E-state index in [1.807, 2.05) is 13.8 Å². The highest BCUT2D eigenvalue weighted by Gasteiger charge is 2.13. The minimum Gasteiger partial charge on any atom is -0.467 e. The number of carbonyl (C=O) groups is 1. The molecule has 0 aromatic carbocycles. The first-order chi connectivity index (χ1) is 12.0. The smallest absolute Gasteiger partial charge is 0.273 e. The molecule has 6 nitrogen and oxygen atoms in total. The van der Waals surface area contributed by atoms with Gasteiger partial charge in [0.05, 0.1) is 6.20 Å². The summed E-state index contributed by atoms with van der Waals surface area (Å²) in [7, 11) is 0. The maximum atomic E-state index is 12.1. The van der Waals surface area contributed by atoms with Gasteiger partial charge in [0.2, 0.25) is 0 Å². The quantitative estimate of drug-likeness (QED) is 0.464. The van der Waals surface area contributed by atoms with Crippen LogP contribution in [0.5, 0.6) is 5.19 Å². The van der Waals surface area contributed by atoms with E-state index in [0.29, 0.717) is 29.2 Å². The molecule has 0 aliphatic rings. The number of nitrogens with zero attached hydrogens (tertiary/aromatic N) is 1. The van der Waals surface area contributed by atoms with Crippen molar-refractivity contribution in [1.29, 1.82) is 0 Å². The van der Waals surface area contributed by atoms with Crippen LogP contribution in [0.4, 0.5) is 0 Å². The molecule has 144 valence electrons. The fraction of sp³-hybridized carbons (Fsp3) is 0.778. The van der Waals surface area contributed by atoms with Gasteiger partial charge in [-0.25, -0.2) is 4.98 Å². The van der Waals surface area contributed by atoms with Crippen molar-refractivity contribution in [2.75, 3.05) is 19.7 Å². The first-order valence-electron chi connectivity index (χ1n) is 9.24. The maximum Gasteiger partial charge on any atom is 0.273 e. The molecule has 25 heavy (non-hydrogen) atoms. The molecule has 0 fully saturated rings. The lowest BCUT2D eigenvalue weighted by atomic mass is 9.98. The van der Waals surface area contributed by atoms with Gasteiger partial charge in [-0.2, -0.15) is 0 Å². The molecule has 3 N–H and O–H groups in total. The minimum absolute atomic E-state index is 0.112. The van der Waals surface area contributed by atoms with E-state index in [0.717, 1.165) is 18.8 Å². The summed E-state index contributed by atoms with van der Waals surface area (Å²) in [4.78, 5) is 16.7. The molecule has 1 amide bonds. The van der Waals surface area contributed by atoms with Crippen LogP contribution >= 0.6 is 11.3 Å². The van der Waals surface area contributed by atoms with E-state index in [1.54, 1.807) is 0 Å². The van der Waals surface area contributed by atoms with E-state index in [9.17, 15) is 9.90 Å². The highest BCUT2D eigenvalue weighted by Crippen LogP contribution is 2.20. The molecule has 1 aromatic heterocycles. The summed E-state index contributed by atoms with van der Waals surface area (Å²) >= 11 is 1.20. The summed E-state index contributed by atoms with van der Waals surface area (Å²) in [5.74, 6) is 0.635. The second-order valence-corrected chi connectivity index (χ2v) is 7.59. The Labute approximate surface area is 155 Å². The van der Waals surface area contributed by atoms with Crippen molar-refractivity contribution in [2.45, 2.75) is 65.5 Å². The van der Waals surface area contributed by atoms with Crippen molar-refractivity contribution < 1.29 is 14.6 Å². The monoisotopic (exact) mass is 371 g/mol. The summed E-state index contributed by atoms with van der Waals surface area (Å²) in [5.41, 5.74) is 0. The van der Waals surface area contributed by atoms with Gasteiger partial charge in [-0.15, -0.1) is 0 Å². The zero-order valence-electron chi connectivity index (χ0n) is 15.9. The van der Waals surface area contributed by atoms with Crippen LogP contribution in [-0.4, -0.2) is 47.8 Å². The molecule has 0 radical (unpaired) electrons. The third-order valence-electron chi connectivity index (χ3n) is 4.10. The van der Waals surface area contributed by atoms with E-state index >= 15 is 0 Å². The standard InChI is InChI=1S/C18H33N3O3S/c1-5-14(6-2)8-7-9-19-17(23)16-11-21-18(25-16)24-12-15(22)10-20-13(3)4/h11,13-15,20,22H,5-10,12H2,1-4H3,(H,19,23). The number of aromatic nitrogens is 1. The van der Waals surface area contributed by atoms with Gasteiger partial charge in [-0.3, -0.25) is 4.79 Å². The molecule has 0 bridgehead atoms. The van der Waals surface area contributed by atoms with E-state index in [1.165, 1.54) is 30.4 Å². The van der Waals surface area contributed by atoms with Crippen molar-refractivity contribution >= 4 is 17.2 Å². The van der Waals surface area contributed by atoms with Crippen LogP contribution in [0.25, 0.3) is 0 Å². The minimum atomic E-state index is -0.603. The number of nitrogens with one attached hydrogen (secondary N) is 2. The lowest BCUT2D eigenvalue weighted by molar-refractivity contribution is 0.0956. The largest absolute Gasteiger partial charge is 0.467 e. The molecule has 1 aromatic rings. The summed E-state index contributed by atoms with van der Waals surface area (Å²) in [6.07, 6.45) is 5.45. The van der Waals surface area contributed by atoms with Gasteiger partial charge in [-0.1, -0.05) is 51.9 Å². The van der Waals surface area contributed by atoms with Crippen LogP contribution in [0.15, 0.2) is 6.20 Å². The Morgan fingerprint density at radius 2 is 2.08 bits per heavy atom. The number of carbonyl (C=O) groups excluding carboxylic acids is 1. The number of thiazole rings is 1. The Kier molecular flexibility index (Phi) is 10.7. The molecular formula is C18H33N3O3S. The van der Waals surface area contributed by atoms with Crippen LogP contribution in [0, 0.1) is 5.92 Å². The number of hydrogen-bond donors (Lipinski definition) is 3. The summed E-state index contributed by atoms with van der Waals surface area (Å²) < 4.78 is 5.45. The van der Waals surface area contributed by atoms with Crippen molar-refractivity contribution in [3.8, 4) is 5.19 Å². The van der Waals surface area contributed by atoms with E-state index in [2.05, 4.69) is 29.5 Å². The molecule has 0 aliphatic heterocycles. The third-order valence-corrected chi connectivity index (χ3v) is 5.01. The van der Waals surface area contributed by atoms with Crippen LogP contribution in [0.3, 0.4) is 0 Å². The number of ether oxygens (including phenoxy) is 1. The van der Waals surface area contributed by atoms with Gasteiger partial charge < -0.3 is 20.5 Å². The number of rotatable bonds is 13. The second kappa shape index (κ2) is 12.2. The Morgan fingerprint density at radius 1 is 1.36 bits per heavy atom. The molecule has 1 rings (SSSR count). The summed E-state index contributed by atoms with van der Waals surface area (Å²) in [6.45, 7) is 9.76. The molecule has 0 saturated carbocycles. The first kappa shape index (κ1) is 21.9. The Morgan fingerprint density at radius 3 is 2.72 bits per heavy atom. The second-order valence-electron chi connectivity index (χ2n) is 6.60. The van der Waals surface area contributed by atoms with Gasteiger partial charge in [-0.05, 0) is 18.8 Å². The van der Waals surface area contributed by atoms with E-state index in [-0.39, 0.29) is 12.5 Å². The van der Waals surface area contributed by atoms with Crippen molar-refractivity contribution in [2.24, 2.45) is 5.92 Å². The summed E-state index contributed by atoms with van der Waals surface area (Å²) in [6, 6.07) is 0.315. The zero-order valence-corrected chi connectivity index (χ0v) is 16.7. The van der Waals surface area contributed by atoms with E-state index in [4.69, 9.17) is 4.74 Å². The van der Waals surface area contributed by atoms with Crippen LogP contribution in [0.1, 0.15) is 63.0 Å². The van der Waals surface area contributed by atoms with Gasteiger partial charge in [0.1, 0.15) is 17.6 Å². The highest BCUT2D eigenvalue weighted by atomic mass is 32.1. The number of hydrogen-bond acceptors (Lipinski definition) is 6. The van der Waals surface area contributed by atoms with Gasteiger partial charge >= 0.3 is 0 Å². The molecule has 0 saturated heterocycles. The Balaban J connectivity index is 2.28. The molecular weight excluding hydrogens is 338 g/mol. The zero-order chi connectivity index (χ0) is 18.7. The lowest BCUT2D eigenvalue weighted by Gasteiger charge is -2.13. The Hall–Kier alpha value is -1.18. The predicted octanol–water partition coefficient (Wildman–Crippen LogP) is 2.83. The van der Waals surface area contributed by atoms with Crippen LogP contribution < -0.4 is 15.4 Å². The molecule has 1 atom stereocenters. The first-order valence-corrected chi connectivity index (χ1v) is 10.1. The van der Waals surface area contributed by atoms with Crippen LogP contribution in [-0.2, 0) is 0 Å². The number of amides is 1. The Bertz CT molecular complexity index is 490. The van der Waals surface area contributed by atoms with Crippen molar-refractivity contribution in [3.05, 3.63) is 11.1 Å². The van der Waals surface area contributed by atoms with Gasteiger partial charge in [0.15, 0.2) is 0 Å². The maximum absolute atomic E-state index is 12.1. The van der Waals surface area contributed by atoms with Crippen molar-refractivity contribution in [3.63, 3.8) is 0 Å². The molecule has 0 spiro atoms. The van der Waals surface area contributed by atoms with Gasteiger partial charge in [0.25, 0.3) is 11.1 Å². The average Bonchev–Trinajstić information content (AvgIpc) is 3.07. The number of aliphatic hydroxyl groups is 1. The van der Waals surface area contributed by atoms with Crippen LogP contribution in [0.2, 0.25) is 0 Å². The van der Waals surface area contributed by atoms with E-state index < -0.39 is 6.10 Å². The molecule has 1 heterocycles. The summed E-state index contributed by atoms with van der Waals surface area (Å²) in [5, 5.41) is 16.3. The molecule has 7 heteroatoms. The molecule has 0 aliphatic carbocycles. The fourth-order valence-electron chi connectivity index (χ4n) is 2.40. The average molecular weight is 372 g/mol. The third kappa shape index (κ3) is 9.18. The van der Waals surface area contributed by atoms with Gasteiger partial charge in [0, 0.05) is 19.1 Å². The fourth-order valence-corrected chi connectivity index (χ4v) is 3.10. The number of aliphatic hydroxyl groups excluding tert-OH is 1. The highest BCUT2D eigenvalue weighted by molar-refractivity contribution is 7.15. The molecule has 1 unspecified atom stereocenters. The lowest BCUT2D eigenvalue weighted by Crippen LogP contribution is -2.35. The topological polar surface area (TPSA) is 83.5 Å². The SMILES string of the molecule is CCC(CC)CCCNC(=O)c1cnc(OCC(O)CNC(C)C)s1. The van der Waals surface area contributed by atoms with Crippen molar-refractivity contribution in [1.82, 2.24) is 15.6 Å². The normalized spacial score (nSPS) is 12.6.